The highest BCUT2D eigenvalue weighted by atomic mass is 32.2. The van der Waals surface area contributed by atoms with Crippen LogP contribution in [0.1, 0.15) is 27.7 Å². The molecule has 0 aliphatic heterocycles. The number of hydrogen-bond donors (Lipinski definition) is 1. The van der Waals surface area contributed by atoms with E-state index >= 15 is 0 Å². The zero-order valence-corrected chi connectivity index (χ0v) is 11.0. The Hall–Kier alpha value is 0.270. The minimum absolute atomic E-state index is 0.610. The Bertz CT molecular complexity index is 118. The molecule has 0 aromatic carbocycles. The van der Waals surface area contributed by atoms with E-state index in [9.17, 15) is 0 Å². The van der Waals surface area contributed by atoms with Crippen LogP contribution in [0.25, 0.3) is 0 Å². The monoisotopic (exact) mass is 218 g/mol. The lowest BCUT2D eigenvalue weighted by Gasteiger charge is -2.20. The van der Waals surface area contributed by atoms with Crippen molar-refractivity contribution in [2.24, 2.45) is 0 Å². The van der Waals surface area contributed by atoms with Crippen molar-refractivity contribution in [2.45, 2.75) is 33.7 Å². The summed E-state index contributed by atoms with van der Waals surface area (Å²) in [5.74, 6) is 2.51. The van der Waals surface area contributed by atoms with Crippen LogP contribution in [0.2, 0.25) is 0 Å². The Morgan fingerprint density at radius 1 is 1.21 bits per heavy atom. The Balaban J connectivity index is 3.38. The van der Waals surface area contributed by atoms with Crippen molar-refractivity contribution in [3.63, 3.8) is 0 Å². The van der Waals surface area contributed by atoms with Crippen LogP contribution < -0.4 is 5.32 Å². The zero-order valence-electron chi connectivity index (χ0n) is 10.2. The van der Waals surface area contributed by atoms with E-state index in [1.54, 1.807) is 0 Å². The van der Waals surface area contributed by atoms with Gasteiger partial charge in [0.15, 0.2) is 0 Å². The molecule has 86 valence electrons. The van der Waals surface area contributed by atoms with Crippen molar-refractivity contribution in [3.8, 4) is 0 Å². The summed E-state index contributed by atoms with van der Waals surface area (Å²) in [6.07, 6.45) is 0. The first-order valence-corrected chi connectivity index (χ1v) is 6.89. The maximum atomic E-state index is 3.45. The molecule has 0 fully saturated rings. The fourth-order valence-electron chi connectivity index (χ4n) is 1.28. The molecule has 0 atom stereocenters. The number of thioether (sulfide) groups is 1. The van der Waals surface area contributed by atoms with Gasteiger partial charge in [-0.3, -0.25) is 0 Å². The number of rotatable bonds is 9. The summed E-state index contributed by atoms with van der Waals surface area (Å²) in [5.41, 5.74) is 0. The van der Waals surface area contributed by atoms with Crippen LogP contribution in [0.3, 0.4) is 0 Å². The van der Waals surface area contributed by atoms with Gasteiger partial charge in [0.2, 0.25) is 0 Å². The highest BCUT2D eigenvalue weighted by Gasteiger charge is 2.01. The molecule has 0 rings (SSSR count). The maximum absolute atomic E-state index is 3.45. The van der Waals surface area contributed by atoms with Gasteiger partial charge in [0, 0.05) is 31.4 Å². The van der Waals surface area contributed by atoms with E-state index in [4.69, 9.17) is 0 Å². The number of nitrogens with zero attached hydrogens (tertiary/aromatic N) is 1. The summed E-state index contributed by atoms with van der Waals surface area (Å²) < 4.78 is 0. The SMILES string of the molecule is CCSCCN(CC)CCNC(C)C. The second-order valence-corrected chi connectivity index (χ2v) is 5.13. The lowest BCUT2D eigenvalue weighted by Crippen LogP contribution is -2.36. The highest BCUT2D eigenvalue weighted by Crippen LogP contribution is 1.99. The van der Waals surface area contributed by atoms with Gasteiger partial charge in [0.05, 0.1) is 0 Å². The topological polar surface area (TPSA) is 15.3 Å². The van der Waals surface area contributed by atoms with Gasteiger partial charge < -0.3 is 10.2 Å². The highest BCUT2D eigenvalue weighted by molar-refractivity contribution is 7.99. The van der Waals surface area contributed by atoms with Crippen LogP contribution in [0, 0.1) is 0 Å². The van der Waals surface area contributed by atoms with E-state index in [1.807, 2.05) is 11.8 Å². The molecule has 0 radical (unpaired) electrons. The van der Waals surface area contributed by atoms with E-state index in [-0.39, 0.29) is 0 Å². The van der Waals surface area contributed by atoms with Gasteiger partial charge >= 0.3 is 0 Å². The smallest absolute Gasteiger partial charge is 0.0107 e. The van der Waals surface area contributed by atoms with Crippen LogP contribution in [0.15, 0.2) is 0 Å². The molecule has 14 heavy (non-hydrogen) atoms. The molecule has 2 nitrogen and oxygen atoms in total. The largest absolute Gasteiger partial charge is 0.313 e. The van der Waals surface area contributed by atoms with Crippen LogP contribution in [-0.4, -0.2) is 48.6 Å². The van der Waals surface area contributed by atoms with Gasteiger partial charge in [-0.05, 0) is 12.3 Å². The maximum Gasteiger partial charge on any atom is 0.0107 e. The first-order valence-electron chi connectivity index (χ1n) is 5.74. The van der Waals surface area contributed by atoms with Crippen LogP contribution >= 0.6 is 11.8 Å². The minimum Gasteiger partial charge on any atom is -0.313 e. The van der Waals surface area contributed by atoms with E-state index in [2.05, 4.69) is 37.9 Å². The minimum atomic E-state index is 0.610. The average molecular weight is 218 g/mol. The van der Waals surface area contributed by atoms with Crippen molar-refractivity contribution < 1.29 is 0 Å². The first kappa shape index (κ1) is 14.3. The second-order valence-electron chi connectivity index (χ2n) is 3.74. The zero-order chi connectivity index (χ0) is 10.8. The lowest BCUT2D eigenvalue weighted by atomic mass is 10.4. The van der Waals surface area contributed by atoms with E-state index in [1.165, 1.54) is 31.1 Å². The van der Waals surface area contributed by atoms with Crippen molar-refractivity contribution >= 4 is 11.8 Å². The summed E-state index contributed by atoms with van der Waals surface area (Å²) in [7, 11) is 0. The molecule has 0 aromatic rings. The summed E-state index contributed by atoms with van der Waals surface area (Å²) in [5, 5.41) is 3.45. The van der Waals surface area contributed by atoms with Crippen molar-refractivity contribution in [1.82, 2.24) is 10.2 Å². The number of nitrogens with one attached hydrogen (secondary N) is 1. The first-order chi connectivity index (χ1) is 6.70. The summed E-state index contributed by atoms with van der Waals surface area (Å²) in [4.78, 5) is 2.51. The lowest BCUT2D eigenvalue weighted by molar-refractivity contribution is 0.301. The van der Waals surface area contributed by atoms with E-state index < -0.39 is 0 Å². The van der Waals surface area contributed by atoms with Gasteiger partial charge in [-0.2, -0.15) is 11.8 Å². The second kappa shape index (κ2) is 9.81. The summed E-state index contributed by atoms with van der Waals surface area (Å²) >= 11 is 2.03. The number of hydrogen-bond acceptors (Lipinski definition) is 3. The molecule has 0 spiro atoms. The third-order valence-electron chi connectivity index (χ3n) is 2.18. The molecule has 0 unspecified atom stereocenters. The molecular weight excluding hydrogens is 192 g/mol. The van der Waals surface area contributed by atoms with E-state index in [0.717, 1.165) is 6.54 Å². The van der Waals surface area contributed by atoms with Crippen LogP contribution in [-0.2, 0) is 0 Å². The molecule has 0 aliphatic rings. The van der Waals surface area contributed by atoms with Crippen molar-refractivity contribution in [2.75, 3.05) is 37.7 Å². The Kier molecular flexibility index (Phi) is 10.0. The third kappa shape index (κ3) is 8.85. The Labute approximate surface area is 93.8 Å². The summed E-state index contributed by atoms with van der Waals surface area (Å²) in [6, 6.07) is 0.610. The van der Waals surface area contributed by atoms with Crippen molar-refractivity contribution in [1.29, 1.82) is 0 Å². The van der Waals surface area contributed by atoms with Gasteiger partial charge in [-0.1, -0.05) is 27.7 Å². The summed E-state index contributed by atoms with van der Waals surface area (Å²) in [6.45, 7) is 13.6. The van der Waals surface area contributed by atoms with Gasteiger partial charge in [-0.25, -0.2) is 0 Å². The van der Waals surface area contributed by atoms with Gasteiger partial charge in [0.25, 0.3) is 0 Å². The molecule has 0 aromatic heterocycles. The Morgan fingerprint density at radius 2 is 1.93 bits per heavy atom. The predicted molar refractivity (Wildman–Crippen MR) is 68.3 cm³/mol. The fourth-order valence-corrected chi connectivity index (χ4v) is 1.95. The Morgan fingerprint density at radius 3 is 2.43 bits per heavy atom. The standard InChI is InChI=1S/C11H26N2S/c1-5-13(9-10-14-6-2)8-7-12-11(3)4/h11-12H,5-10H2,1-4H3. The molecule has 0 aliphatic carbocycles. The molecule has 0 bridgehead atoms. The molecular formula is C11H26N2S. The van der Waals surface area contributed by atoms with Crippen molar-refractivity contribution in [3.05, 3.63) is 0 Å². The fraction of sp³-hybridized carbons (Fsp3) is 1.00. The average Bonchev–Trinajstić information content (AvgIpc) is 2.15. The van der Waals surface area contributed by atoms with Crippen LogP contribution in [0.4, 0.5) is 0 Å². The van der Waals surface area contributed by atoms with E-state index in [0.29, 0.717) is 6.04 Å². The predicted octanol–water partition coefficient (Wildman–Crippen LogP) is 2.06. The number of likely N-dealkylation sites (N-methyl/N-ethyl adjacent to an activating group) is 1. The van der Waals surface area contributed by atoms with Gasteiger partial charge in [-0.15, -0.1) is 0 Å². The van der Waals surface area contributed by atoms with Gasteiger partial charge in [0.1, 0.15) is 0 Å². The molecule has 0 saturated carbocycles. The molecule has 0 heterocycles. The molecule has 1 N–H and O–H groups in total. The quantitative estimate of drug-likeness (QED) is 0.596. The van der Waals surface area contributed by atoms with Crippen LogP contribution in [0.5, 0.6) is 0 Å². The normalized spacial score (nSPS) is 11.6. The third-order valence-corrected chi connectivity index (χ3v) is 3.06. The molecule has 0 saturated heterocycles. The molecule has 3 heteroatoms. The molecule has 0 amide bonds.